The molecule has 0 aliphatic carbocycles. The average Bonchev–Trinajstić information content (AvgIpc) is 3.80. The lowest BCUT2D eigenvalue weighted by atomic mass is 9.93. The number of hydrogen-bond acceptors (Lipinski definition) is 3. The Hall–Kier alpha value is -7.63. The molecule has 0 aliphatic rings. The van der Waals surface area contributed by atoms with Crippen LogP contribution in [0.3, 0.4) is 0 Å². The second-order valence-corrected chi connectivity index (χ2v) is 14.1. The maximum Gasteiger partial charge on any atom is 0.240 e. The van der Waals surface area contributed by atoms with E-state index in [9.17, 15) is 0 Å². The summed E-state index contributed by atoms with van der Waals surface area (Å²) in [6.45, 7) is 0. The van der Waals surface area contributed by atoms with E-state index in [2.05, 4.69) is 209 Å². The SMILES string of the molecule is c1ccc(-c2cc(-c3ccccc3)cc(-c3ccc(-c4nc(-n5c6ccccc6c6ccccc65)nc(-n5c6ccccc6c6ccccc65)n4)cc3)c2)cc1. The van der Waals surface area contributed by atoms with Crippen molar-refractivity contribution < 1.29 is 0 Å². The molecule has 0 atom stereocenters. The fraction of sp³-hybridized carbons (Fsp3) is 0. The molecule has 262 valence electrons. The fourth-order valence-corrected chi connectivity index (χ4v) is 8.16. The summed E-state index contributed by atoms with van der Waals surface area (Å²) in [6, 6.07) is 70.5. The lowest BCUT2D eigenvalue weighted by Crippen LogP contribution is -2.10. The van der Waals surface area contributed by atoms with Crippen molar-refractivity contribution in [1.82, 2.24) is 24.1 Å². The van der Waals surface area contributed by atoms with Crippen LogP contribution >= 0.6 is 0 Å². The molecule has 5 nitrogen and oxygen atoms in total. The number of fused-ring (bicyclic) bond motifs is 6. The van der Waals surface area contributed by atoms with Crippen LogP contribution in [0.1, 0.15) is 0 Å². The number of rotatable bonds is 6. The van der Waals surface area contributed by atoms with Gasteiger partial charge in [-0.25, -0.2) is 0 Å². The van der Waals surface area contributed by atoms with E-state index >= 15 is 0 Å². The van der Waals surface area contributed by atoms with Crippen LogP contribution in [-0.4, -0.2) is 24.1 Å². The third kappa shape index (κ3) is 5.29. The summed E-state index contributed by atoms with van der Waals surface area (Å²) in [5, 5.41) is 4.61. The maximum atomic E-state index is 5.29. The molecule has 0 N–H and O–H groups in total. The molecule has 0 radical (unpaired) electrons. The largest absolute Gasteiger partial charge is 0.278 e. The van der Waals surface area contributed by atoms with E-state index in [1.807, 2.05) is 0 Å². The van der Waals surface area contributed by atoms with Gasteiger partial charge in [0.15, 0.2) is 5.82 Å². The van der Waals surface area contributed by atoms with Crippen LogP contribution in [0.2, 0.25) is 0 Å². The molecule has 8 aromatic carbocycles. The maximum absolute atomic E-state index is 5.29. The zero-order chi connectivity index (χ0) is 37.0. The second-order valence-electron chi connectivity index (χ2n) is 14.1. The number of para-hydroxylation sites is 4. The van der Waals surface area contributed by atoms with Gasteiger partial charge in [-0.3, -0.25) is 9.13 Å². The minimum atomic E-state index is 0.566. The third-order valence-corrected chi connectivity index (χ3v) is 10.8. The van der Waals surface area contributed by atoms with Gasteiger partial charge in [0.1, 0.15) is 0 Å². The summed E-state index contributed by atoms with van der Waals surface area (Å²) in [6.07, 6.45) is 0. The third-order valence-electron chi connectivity index (χ3n) is 10.8. The van der Waals surface area contributed by atoms with Crippen LogP contribution < -0.4 is 0 Å². The van der Waals surface area contributed by atoms with Gasteiger partial charge in [0.2, 0.25) is 11.9 Å². The molecule has 0 aliphatic heterocycles. The van der Waals surface area contributed by atoms with Crippen LogP contribution in [0, 0.1) is 0 Å². The van der Waals surface area contributed by atoms with Gasteiger partial charge < -0.3 is 0 Å². The van der Waals surface area contributed by atoms with Crippen molar-refractivity contribution in [2.75, 3.05) is 0 Å². The molecule has 0 saturated heterocycles. The van der Waals surface area contributed by atoms with Crippen LogP contribution in [0.5, 0.6) is 0 Å². The molecule has 0 amide bonds. The highest BCUT2D eigenvalue weighted by Crippen LogP contribution is 2.36. The Bertz CT molecular complexity index is 2940. The second kappa shape index (κ2) is 13.0. The Labute approximate surface area is 323 Å². The van der Waals surface area contributed by atoms with E-state index in [1.54, 1.807) is 0 Å². The van der Waals surface area contributed by atoms with Crippen molar-refractivity contribution >= 4 is 43.6 Å². The van der Waals surface area contributed by atoms with E-state index in [4.69, 9.17) is 15.0 Å². The Kier molecular flexibility index (Phi) is 7.42. The minimum Gasteiger partial charge on any atom is -0.278 e. The Balaban J connectivity index is 1.11. The molecule has 0 unspecified atom stereocenters. The van der Waals surface area contributed by atoms with Crippen LogP contribution in [0.4, 0.5) is 0 Å². The van der Waals surface area contributed by atoms with E-state index in [1.165, 1.54) is 22.3 Å². The van der Waals surface area contributed by atoms with Crippen LogP contribution in [0.25, 0.3) is 100 Å². The number of aromatic nitrogens is 5. The highest BCUT2D eigenvalue weighted by molar-refractivity contribution is 6.10. The van der Waals surface area contributed by atoms with Gasteiger partial charge in [-0.2, -0.15) is 15.0 Å². The molecular weight excluding hydrogens is 683 g/mol. The number of hydrogen-bond donors (Lipinski definition) is 0. The number of benzene rings is 8. The van der Waals surface area contributed by atoms with Gasteiger partial charge >= 0.3 is 0 Å². The molecule has 5 heteroatoms. The first-order valence-electron chi connectivity index (χ1n) is 18.9. The summed E-state index contributed by atoms with van der Waals surface area (Å²) in [7, 11) is 0. The van der Waals surface area contributed by atoms with E-state index in [0.29, 0.717) is 17.7 Å². The molecule has 3 aromatic heterocycles. The molecule has 0 fully saturated rings. The zero-order valence-electron chi connectivity index (χ0n) is 30.3. The molecule has 0 saturated carbocycles. The summed E-state index contributed by atoms with van der Waals surface area (Å²) >= 11 is 0. The van der Waals surface area contributed by atoms with E-state index in [-0.39, 0.29) is 0 Å². The monoisotopic (exact) mass is 715 g/mol. The Morgan fingerprint density at radius 1 is 0.250 bits per heavy atom. The predicted molar refractivity (Wildman–Crippen MR) is 230 cm³/mol. The highest BCUT2D eigenvalue weighted by Gasteiger charge is 2.20. The summed E-state index contributed by atoms with van der Waals surface area (Å²) in [5.74, 6) is 1.73. The molecule has 0 bridgehead atoms. The smallest absolute Gasteiger partial charge is 0.240 e. The lowest BCUT2D eigenvalue weighted by Gasteiger charge is -2.13. The topological polar surface area (TPSA) is 48.5 Å². The highest BCUT2D eigenvalue weighted by atomic mass is 15.3. The molecule has 0 spiro atoms. The first kappa shape index (κ1) is 31.9. The van der Waals surface area contributed by atoms with Gasteiger partial charge in [0, 0.05) is 27.1 Å². The van der Waals surface area contributed by atoms with E-state index < -0.39 is 0 Å². The normalized spacial score (nSPS) is 11.6. The Morgan fingerprint density at radius 3 is 0.929 bits per heavy atom. The molecule has 56 heavy (non-hydrogen) atoms. The van der Waals surface area contributed by atoms with Gasteiger partial charge in [-0.1, -0.05) is 158 Å². The molecular formula is C51H33N5. The van der Waals surface area contributed by atoms with Crippen molar-refractivity contribution in [2.45, 2.75) is 0 Å². The van der Waals surface area contributed by atoms with Crippen LogP contribution in [0.15, 0.2) is 200 Å². The standard InChI is InChI=1S/C51H33N5/c1-3-15-34(16-4-1)38-31-39(35-17-5-2-6-18-35)33-40(32-38)36-27-29-37(30-28-36)49-52-50(55-45-23-11-7-19-41(45)42-20-8-12-24-46(42)55)54-51(53-49)56-47-25-13-9-21-43(47)44-22-10-14-26-48(44)56/h1-33H. The van der Waals surface area contributed by atoms with Gasteiger partial charge in [0.05, 0.1) is 22.1 Å². The fourth-order valence-electron chi connectivity index (χ4n) is 8.16. The predicted octanol–water partition coefficient (Wildman–Crippen LogP) is 12.7. The zero-order valence-corrected chi connectivity index (χ0v) is 30.3. The van der Waals surface area contributed by atoms with Gasteiger partial charge in [-0.15, -0.1) is 0 Å². The summed E-state index contributed by atoms with van der Waals surface area (Å²) in [4.78, 5) is 15.8. The average molecular weight is 716 g/mol. The minimum absolute atomic E-state index is 0.566. The van der Waals surface area contributed by atoms with Crippen molar-refractivity contribution in [3.05, 3.63) is 200 Å². The summed E-state index contributed by atoms with van der Waals surface area (Å²) in [5.41, 5.74) is 12.1. The first-order valence-corrected chi connectivity index (χ1v) is 18.9. The Morgan fingerprint density at radius 2 is 0.554 bits per heavy atom. The van der Waals surface area contributed by atoms with Crippen molar-refractivity contribution in [1.29, 1.82) is 0 Å². The molecule has 11 aromatic rings. The van der Waals surface area contributed by atoms with Crippen molar-refractivity contribution in [3.8, 4) is 56.7 Å². The molecule has 3 heterocycles. The lowest BCUT2D eigenvalue weighted by molar-refractivity contribution is 0.893. The van der Waals surface area contributed by atoms with Crippen molar-refractivity contribution in [3.63, 3.8) is 0 Å². The summed E-state index contributed by atoms with van der Waals surface area (Å²) < 4.78 is 4.34. The number of nitrogens with zero attached hydrogens (tertiary/aromatic N) is 5. The van der Waals surface area contributed by atoms with E-state index in [0.717, 1.165) is 60.3 Å². The molecule has 11 rings (SSSR count). The van der Waals surface area contributed by atoms with Crippen molar-refractivity contribution in [2.24, 2.45) is 0 Å². The van der Waals surface area contributed by atoms with Crippen LogP contribution in [-0.2, 0) is 0 Å². The van der Waals surface area contributed by atoms with Gasteiger partial charge in [0.25, 0.3) is 0 Å². The first-order chi connectivity index (χ1) is 27.8. The van der Waals surface area contributed by atoms with Gasteiger partial charge in [-0.05, 0) is 75.8 Å². The quantitative estimate of drug-likeness (QED) is 0.172.